The molecular formula is C57H93O16P. The molecule has 0 aliphatic carbocycles. The smallest absolute Gasteiger partial charge is 0.504 e. The normalized spacial score (nSPS) is 11.5. The van der Waals surface area contributed by atoms with E-state index in [-0.39, 0.29) is 88.8 Å². The lowest BCUT2D eigenvalue weighted by molar-refractivity contribution is 0.262. The zero-order valence-corrected chi connectivity index (χ0v) is 47.3. The van der Waals surface area contributed by atoms with E-state index in [0.717, 1.165) is 135 Å². The maximum atomic E-state index is 16.5. The summed E-state index contributed by atoms with van der Waals surface area (Å²) in [6.07, 6.45) is 23.4. The maximum absolute atomic E-state index is 16.5. The zero-order valence-electron chi connectivity index (χ0n) is 46.4. The minimum atomic E-state index is -5.18. The van der Waals surface area contributed by atoms with Crippen molar-refractivity contribution in [2.45, 2.75) is 194 Å². The average molecular weight is 1070 g/mol. The second-order valence-corrected chi connectivity index (χ2v) is 20.6. The van der Waals surface area contributed by atoms with Gasteiger partial charge in [0.25, 0.3) is 0 Å². The van der Waals surface area contributed by atoms with Crippen molar-refractivity contribution in [1.82, 2.24) is 0 Å². The lowest BCUT2D eigenvalue weighted by atomic mass is 9.98. The van der Waals surface area contributed by atoms with E-state index in [0.29, 0.717) is 71.9 Å². The van der Waals surface area contributed by atoms with Gasteiger partial charge >= 0.3 is 7.82 Å². The van der Waals surface area contributed by atoms with Gasteiger partial charge in [0.05, 0.1) is 42.7 Å². The third-order valence-corrected chi connectivity index (χ3v) is 15.2. The van der Waals surface area contributed by atoms with Crippen LogP contribution in [-0.2, 0) is 23.8 Å². The predicted octanol–water partition coefficient (Wildman–Crippen LogP) is 13.4. The van der Waals surface area contributed by atoms with Crippen molar-refractivity contribution in [2.24, 2.45) is 0 Å². The molecule has 0 aliphatic rings. The molecule has 3 aromatic rings. The molecular weight excluding hydrogens is 972 g/mol. The van der Waals surface area contributed by atoms with Gasteiger partial charge in [-0.25, -0.2) is 0 Å². The average Bonchev–Trinajstić information content (AvgIpc) is 3.39. The summed E-state index contributed by atoms with van der Waals surface area (Å²) in [5, 5.41) is 62.4. The van der Waals surface area contributed by atoms with Gasteiger partial charge in [0.15, 0.2) is 34.5 Å². The number of phenolic OH excluding ortho intramolecular Hbond substituents is 3. The summed E-state index contributed by atoms with van der Waals surface area (Å²) in [7, 11) is 3.14. The molecule has 16 nitrogen and oxygen atoms in total. The molecule has 3 rings (SSSR count). The molecule has 17 heteroatoms. The Bertz CT molecular complexity index is 1920. The molecule has 74 heavy (non-hydrogen) atoms. The van der Waals surface area contributed by atoms with E-state index < -0.39 is 7.82 Å². The van der Waals surface area contributed by atoms with Gasteiger partial charge in [-0.3, -0.25) is 0 Å². The van der Waals surface area contributed by atoms with Crippen molar-refractivity contribution < 1.29 is 77.2 Å². The van der Waals surface area contributed by atoms with Crippen LogP contribution in [0.4, 0.5) is 0 Å². The van der Waals surface area contributed by atoms with E-state index in [1.807, 2.05) is 0 Å². The Morgan fingerprint density at radius 3 is 0.676 bits per heavy atom. The molecule has 3 aromatic carbocycles. The molecule has 422 valence electrons. The van der Waals surface area contributed by atoms with Gasteiger partial charge in [-0.15, -0.1) is 0 Å². The Morgan fingerprint density at radius 2 is 0.486 bits per heavy atom. The number of ether oxygens (including phenoxy) is 6. The predicted molar refractivity (Wildman–Crippen MR) is 291 cm³/mol. The van der Waals surface area contributed by atoms with Gasteiger partial charge in [0, 0.05) is 53.2 Å². The van der Waals surface area contributed by atoms with Crippen LogP contribution in [0.5, 0.6) is 69.0 Å². The van der Waals surface area contributed by atoms with E-state index in [1.54, 1.807) is 20.8 Å². The standard InChI is InChI=1S/C57H93O16P/c1-40-43(34-28-22-16-10-13-19-25-31-37-58)49(55(68-7)52(65-4)46(40)61)71-74(64,72-50-44(35-29-23-17-11-14-20-26-32-38-59)41(2)47(62)53(66-5)56(50)69-8)73-51-45(36-30-24-18-12-15-21-27-33-39-60)42(3)48(63)54(67-6)57(51)70-9/h58-63H,10-39H2,1-9H3. The van der Waals surface area contributed by atoms with Gasteiger partial charge in [-0.2, -0.15) is 4.57 Å². The van der Waals surface area contributed by atoms with Crippen molar-refractivity contribution in [3.8, 4) is 69.0 Å². The first kappa shape index (κ1) is 63.7. The molecule has 0 aliphatic heterocycles. The van der Waals surface area contributed by atoms with Crippen molar-refractivity contribution >= 4 is 7.82 Å². The van der Waals surface area contributed by atoms with Crippen LogP contribution in [0.25, 0.3) is 0 Å². The molecule has 6 N–H and O–H groups in total. The highest BCUT2D eigenvalue weighted by Gasteiger charge is 2.43. The quantitative estimate of drug-likeness (QED) is 0.0229. The van der Waals surface area contributed by atoms with E-state index >= 15 is 4.57 Å². The number of benzene rings is 3. The largest absolute Gasteiger partial charge is 0.647 e. The lowest BCUT2D eigenvalue weighted by Crippen LogP contribution is -2.14. The van der Waals surface area contributed by atoms with Gasteiger partial charge in [0.1, 0.15) is 0 Å². The molecule has 0 heterocycles. The fourth-order valence-corrected chi connectivity index (χ4v) is 11.0. The fourth-order valence-electron chi connectivity index (χ4n) is 9.62. The van der Waals surface area contributed by atoms with Crippen LogP contribution in [0.15, 0.2) is 0 Å². The van der Waals surface area contributed by atoms with Crippen LogP contribution >= 0.6 is 7.82 Å². The molecule has 0 saturated heterocycles. The first-order valence-electron chi connectivity index (χ1n) is 27.2. The van der Waals surface area contributed by atoms with Crippen molar-refractivity contribution in [2.75, 3.05) is 62.5 Å². The number of rotatable bonds is 42. The first-order valence-corrected chi connectivity index (χ1v) is 28.7. The number of hydrogen-bond acceptors (Lipinski definition) is 16. The first-order chi connectivity index (χ1) is 35.8. The summed E-state index contributed by atoms with van der Waals surface area (Å²) in [4.78, 5) is 0. The SMILES string of the molecule is COc1c(O)c(C)c(CCCCCCCCCCO)c(OP(=O)(Oc2c(CCCCCCCCCCO)c(C)c(O)c(OC)c2OC)Oc2c(CCCCCCCCCCO)c(C)c(O)c(OC)c2OC)c1OC. The zero-order chi connectivity index (χ0) is 54.5. The molecule has 0 spiro atoms. The van der Waals surface area contributed by atoms with E-state index in [1.165, 1.54) is 42.7 Å². The Hall–Kier alpha value is -4.63. The minimum Gasteiger partial charge on any atom is -0.504 e. The molecule has 0 aromatic heterocycles. The fraction of sp³-hybridized carbons (Fsp3) is 0.684. The molecule has 0 fully saturated rings. The number of phosphoric acid groups is 1. The van der Waals surface area contributed by atoms with Crippen molar-refractivity contribution in [3.05, 3.63) is 33.4 Å². The summed E-state index contributed by atoms with van der Waals surface area (Å²) in [5.41, 5.74) is 2.70. The van der Waals surface area contributed by atoms with Crippen LogP contribution in [0, 0.1) is 20.8 Å². The van der Waals surface area contributed by atoms with E-state index in [2.05, 4.69) is 0 Å². The Kier molecular flexibility index (Phi) is 30.0. The number of aliphatic hydroxyl groups excluding tert-OH is 3. The highest BCUT2D eigenvalue weighted by molar-refractivity contribution is 7.49. The summed E-state index contributed by atoms with van der Waals surface area (Å²) in [6, 6.07) is 0. The molecule has 0 unspecified atom stereocenters. The van der Waals surface area contributed by atoms with Gasteiger partial charge in [0.2, 0.25) is 34.5 Å². The van der Waals surface area contributed by atoms with Crippen molar-refractivity contribution in [1.29, 1.82) is 0 Å². The van der Waals surface area contributed by atoms with Crippen LogP contribution in [0.2, 0.25) is 0 Å². The Morgan fingerprint density at radius 1 is 0.297 bits per heavy atom. The number of unbranched alkanes of at least 4 members (excludes halogenated alkanes) is 21. The Labute approximate surface area is 442 Å². The molecule has 0 radical (unpaired) electrons. The molecule has 0 bridgehead atoms. The summed E-state index contributed by atoms with van der Waals surface area (Å²) in [6.45, 7) is 5.76. The van der Waals surface area contributed by atoms with Gasteiger partial charge in [-0.05, 0) is 78.6 Å². The molecule has 0 saturated carbocycles. The second-order valence-electron chi connectivity index (χ2n) is 19.2. The monoisotopic (exact) mass is 1060 g/mol. The maximum Gasteiger partial charge on any atom is 0.647 e. The number of hydrogen-bond donors (Lipinski definition) is 6. The summed E-state index contributed by atoms with van der Waals surface area (Å²) < 4.78 is 71.9. The van der Waals surface area contributed by atoms with Gasteiger partial charge in [-0.1, -0.05) is 116 Å². The lowest BCUT2D eigenvalue weighted by Gasteiger charge is -2.28. The number of phosphoric ester groups is 1. The third kappa shape index (κ3) is 18.3. The molecule has 0 amide bonds. The van der Waals surface area contributed by atoms with Crippen LogP contribution < -0.4 is 42.0 Å². The second kappa shape index (κ2) is 34.8. The van der Waals surface area contributed by atoms with E-state index in [4.69, 9.17) is 42.0 Å². The minimum absolute atomic E-state index is 0.0454. The Balaban J connectivity index is 2.31. The molecule has 0 atom stereocenters. The van der Waals surface area contributed by atoms with Crippen molar-refractivity contribution in [3.63, 3.8) is 0 Å². The van der Waals surface area contributed by atoms with Crippen LogP contribution in [0.3, 0.4) is 0 Å². The van der Waals surface area contributed by atoms with Gasteiger partial charge < -0.3 is 72.6 Å². The number of aliphatic hydroxyl groups is 3. The van der Waals surface area contributed by atoms with Crippen LogP contribution in [-0.4, -0.2) is 93.1 Å². The highest BCUT2D eigenvalue weighted by Crippen LogP contribution is 2.63. The van der Waals surface area contributed by atoms with E-state index in [9.17, 15) is 30.6 Å². The number of aromatic hydroxyl groups is 3. The topological polar surface area (TPSA) is 222 Å². The summed E-state index contributed by atoms with van der Waals surface area (Å²) in [5.74, 6) is -0.964. The third-order valence-electron chi connectivity index (χ3n) is 14.0. The number of phenols is 3. The van der Waals surface area contributed by atoms with Crippen LogP contribution in [0.1, 0.15) is 187 Å². The highest BCUT2D eigenvalue weighted by atomic mass is 31.2. The number of methoxy groups -OCH3 is 6. The summed E-state index contributed by atoms with van der Waals surface area (Å²) >= 11 is 0.